The summed E-state index contributed by atoms with van der Waals surface area (Å²) in [6, 6.07) is 3.33. The number of benzene rings is 1. The van der Waals surface area contributed by atoms with Gasteiger partial charge in [0.25, 0.3) is 0 Å². The number of rotatable bonds is 3. The highest BCUT2D eigenvalue weighted by Gasteiger charge is 2.07. The number of phenols is 1. The van der Waals surface area contributed by atoms with Crippen molar-refractivity contribution < 1.29 is 15.0 Å². The van der Waals surface area contributed by atoms with Crippen LogP contribution >= 0.6 is 0 Å². The third-order valence-corrected chi connectivity index (χ3v) is 2.18. The van der Waals surface area contributed by atoms with Gasteiger partial charge in [0.15, 0.2) is 0 Å². The maximum atomic E-state index is 10.3. The summed E-state index contributed by atoms with van der Waals surface area (Å²) in [5.41, 5.74) is 7.28. The molecule has 0 saturated heterocycles. The first-order valence-electron chi connectivity index (χ1n) is 4.31. The lowest BCUT2D eigenvalue weighted by Gasteiger charge is -2.08. The third-order valence-electron chi connectivity index (χ3n) is 2.18. The molecular weight excluding hydrogens is 182 g/mol. The predicted octanol–water partition coefficient (Wildman–Crippen LogP) is 1.30. The number of nitrogens with two attached hydrogens (primary N) is 1. The number of hydrogen-bond acceptors (Lipinski definition) is 3. The molecule has 1 aromatic rings. The molecule has 1 rings (SSSR count). The van der Waals surface area contributed by atoms with Crippen molar-refractivity contribution in [1.82, 2.24) is 0 Å². The Kier molecular flexibility index (Phi) is 2.96. The highest BCUT2D eigenvalue weighted by molar-refractivity contribution is 5.67. The largest absolute Gasteiger partial charge is 0.506 e. The normalized spacial score (nSPS) is 10.1. The molecule has 0 saturated carbocycles. The van der Waals surface area contributed by atoms with Gasteiger partial charge in [-0.15, -0.1) is 0 Å². The van der Waals surface area contributed by atoms with E-state index in [2.05, 4.69) is 0 Å². The van der Waals surface area contributed by atoms with Crippen LogP contribution in [0, 0.1) is 6.92 Å². The molecule has 0 radical (unpaired) electrons. The van der Waals surface area contributed by atoms with Gasteiger partial charge >= 0.3 is 5.97 Å². The molecule has 4 nitrogen and oxygen atoms in total. The van der Waals surface area contributed by atoms with Crippen molar-refractivity contribution in [3.63, 3.8) is 0 Å². The van der Waals surface area contributed by atoms with Gasteiger partial charge in [0, 0.05) is 6.42 Å². The Morgan fingerprint density at radius 2 is 2.14 bits per heavy atom. The van der Waals surface area contributed by atoms with Crippen LogP contribution in [0.2, 0.25) is 0 Å². The van der Waals surface area contributed by atoms with Gasteiger partial charge in [-0.05, 0) is 30.5 Å². The summed E-state index contributed by atoms with van der Waals surface area (Å²) >= 11 is 0. The van der Waals surface area contributed by atoms with Gasteiger partial charge in [0.05, 0.1) is 5.69 Å². The lowest BCUT2D eigenvalue weighted by Crippen LogP contribution is -2.00. The zero-order valence-corrected chi connectivity index (χ0v) is 7.95. The molecule has 0 bridgehead atoms. The number of hydrogen-bond donors (Lipinski definition) is 3. The molecular formula is C10H13NO3. The number of carboxylic acids is 1. The highest BCUT2D eigenvalue weighted by Crippen LogP contribution is 2.27. The molecule has 76 valence electrons. The summed E-state index contributed by atoms with van der Waals surface area (Å²) in [5, 5.41) is 18.0. The smallest absolute Gasteiger partial charge is 0.303 e. The summed E-state index contributed by atoms with van der Waals surface area (Å²) in [6.45, 7) is 1.73. The van der Waals surface area contributed by atoms with Crippen LogP contribution in [0.5, 0.6) is 5.75 Å². The van der Waals surface area contributed by atoms with E-state index in [1.165, 1.54) is 0 Å². The molecule has 4 N–H and O–H groups in total. The number of phenolic OH excluding ortho intramolecular Hbond substituents is 1. The first-order valence-corrected chi connectivity index (χ1v) is 4.31. The quantitative estimate of drug-likeness (QED) is 0.501. The van der Waals surface area contributed by atoms with Crippen molar-refractivity contribution in [1.29, 1.82) is 0 Å². The van der Waals surface area contributed by atoms with Gasteiger partial charge in [0.2, 0.25) is 0 Å². The monoisotopic (exact) mass is 195 g/mol. The zero-order valence-electron chi connectivity index (χ0n) is 7.95. The second kappa shape index (κ2) is 4.00. The maximum Gasteiger partial charge on any atom is 0.303 e. The lowest BCUT2D eigenvalue weighted by atomic mass is 10.0. The molecule has 4 heteroatoms. The van der Waals surface area contributed by atoms with Crippen LogP contribution < -0.4 is 5.73 Å². The standard InChI is InChI=1S/C10H13NO3/c1-6-7(3-5-9(12)13)2-4-8(11)10(6)14/h2,4,14H,3,5,11H2,1H3,(H,12,13). The molecule has 0 spiro atoms. The molecule has 0 atom stereocenters. The molecule has 0 aliphatic heterocycles. The van der Waals surface area contributed by atoms with Gasteiger partial charge in [0.1, 0.15) is 5.75 Å². The van der Waals surface area contributed by atoms with Crippen LogP contribution in [0.15, 0.2) is 12.1 Å². The Balaban J connectivity index is 2.88. The van der Waals surface area contributed by atoms with Crippen LogP contribution in [0.4, 0.5) is 5.69 Å². The van der Waals surface area contributed by atoms with Crippen molar-refractivity contribution in [2.24, 2.45) is 0 Å². The Bertz CT molecular complexity index is 361. The summed E-state index contributed by atoms with van der Waals surface area (Å²) in [5.74, 6) is -0.798. The second-order valence-corrected chi connectivity index (χ2v) is 3.18. The van der Waals surface area contributed by atoms with E-state index in [1.54, 1.807) is 19.1 Å². The topological polar surface area (TPSA) is 83.5 Å². The van der Waals surface area contributed by atoms with E-state index in [4.69, 9.17) is 10.8 Å². The van der Waals surface area contributed by atoms with E-state index in [9.17, 15) is 9.90 Å². The number of carbonyl (C=O) groups is 1. The molecule has 1 aromatic carbocycles. The summed E-state index contributed by atoms with van der Waals surface area (Å²) in [4.78, 5) is 10.3. The average molecular weight is 195 g/mol. The van der Waals surface area contributed by atoms with E-state index >= 15 is 0 Å². The van der Waals surface area contributed by atoms with Crippen LogP contribution in [0.3, 0.4) is 0 Å². The number of anilines is 1. The Morgan fingerprint density at radius 3 is 2.71 bits per heavy atom. The van der Waals surface area contributed by atoms with Gasteiger partial charge in [-0.25, -0.2) is 0 Å². The number of aryl methyl sites for hydroxylation is 1. The first kappa shape index (κ1) is 10.4. The lowest BCUT2D eigenvalue weighted by molar-refractivity contribution is -0.136. The van der Waals surface area contributed by atoms with E-state index in [1.807, 2.05) is 0 Å². The molecule has 0 unspecified atom stereocenters. The van der Waals surface area contributed by atoms with Gasteiger partial charge in [-0.3, -0.25) is 4.79 Å². The molecule has 0 aliphatic rings. The minimum Gasteiger partial charge on any atom is -0.506 e. The summed E-state index contributed by atoms with van der Waals surface area (Å²) < 4.78 is 0. The van der Waals surface area contributed by atoms with E-state index < -0.39 is 5.97 Å². The number of aromatic hydroxyl groups is 1. The van der Waals surface area contributed by atoms with Crippen molar-refractivity contribution >= 4 is 11.7 Å². The maximum absolute atomic E-state index is 10.3. The zero-order chi connectivity index (χ0) is 10.7. The molecule has 0 aromatic heterocycles. The van der Waals surface area contributed by atoms with Gasteiger partial charge < -0.3 is 15.9 Å². The SMILES string of the molecule is Cc1c(CCC(=O)O)ccc(N)c1O. The van der Waals surface area contributed by atoms with Crippen molar-refractivity contribution in [2.45, 2.75) is 19.8 Å². The van der Waals surface area contributed by atoms with Crippen molar-refractivity contribution in [2.75, 3.05) is 5.73 Å². The first-order chi connectivity index (χ1) is 6.52. The van der Waals surface area contributed by atoms with Crippen molar-refractivity contribution in [3.8, 4) is 5.75 Å². The summed E-state index contributed by atoms with van der Waals surface area (Å²) in [7, 11) is 0. The van der Waals surface area contributed by atoms with Crippen LogP contribution in [0.25, 0.3) is 0 Å². The number of aliphatic carboxylic acids is 1. The van der Waals surface area contributed by atoms with Crippen LogP contribution in [0.1, 0.15) is 17.5 Å². The number of nitrogen functional groups attached to an aromatic ring is 1. The Labute approximate surface area is 82.0 Å². The number of carboxylic acid groups (broad SMARTS) is 1. The molecule has 0 amide bonds. The molecule has 0 fully saturated rings. The van der Waals surface area contributed by atoms with Gasteiger partial charge in [-0.1, -0.05) is 6.07 Å². The molecule has 14 heavy (non-hydrogen) atoms. The average Bonchev–Trinajstić information content (AvgIpc) is 2.13. The molecule has 0 heterocycles. The fraction of sp³-hybridized carbons (Fsp3) is 0.300. The summed E-state index contributed by atoms with van der Waals surface area (Å²) in [6.07, 6.45) is 0.471. The van der Waals surface area contributed by atoms with Crippen LogP contribution in [-0.2, 0) is 11.2 Å². The predicted molar refractivity (Wildman–Crippen MR) is 53.2 cm³/mol. The van der Waals surface area contributed by atoms with Crippen LogP contribution in [-0.4, -0.2) is 16.2 Å². The van der Waals surface area contributed by atoms with Gasteiger partial charge in [-0.2, -0.15) is 0 Å². The van der Waals surface area contributed by atoms with E-state index in [0.717, 1.165) is 5.56 Å². The van der Waals surface area contributed by atoms with Crippen molar-refractivity contribution in [3.05, 3.63) is 23.3 Å². The minimum absolute atomic E-state index is 0.0490. The Hall–Kier alpha value is -1.71. The van der Waals surface area contributed by atoms with E-state index in [-0.39, 0.29) is 12.2 Å². The minimum atomic E-state index is -0.847. The highest BCUT2D eigenvalue weighted by atomic mass is 16.4. The molecule has 0 aliphatic carbocycles. The second-order valence-electron chi connectivity index (χ2n) is 3.18. The fourth-order valence-electron chi connectivity index (χ4n) is 1.28. The van der Waals surface area contributed by atoms with E-state index in [0.29, 0.717) is 17.7 Å². The third kappa shape index (κ3) is 2.16. The fourth-order valence-corrected chi connectivity index (χ4v) is 1.28. The Morgan fingerprint density at radius 1 is 1.50 bits per heavy atom.